The number of thiazole rings is 1. The molecule has 0 amide bonds. The highest BCUT2D eigenvalue weighted by Gasteiger charge is 2.24. The van der Waals surface area contributed by atoms with Crippen LogP contribution in [0.15, 0.2) is 0 Å². The van der Waals surface area contributed by atoms with Crippen LogP contribution in [0.2, 0.25) is 0 Å². The average molecular weight is 306 g/mol. The minimum Gasteiger partial charge on any atom is -0.375 e. The zero-order valence-electron chi connectivity index (χ0n) is 11.0. The van der Waals surface area contributed by atoms with Gasteiger partial charge in [0.15, 0.2) is 16.0 Å². The van der Waals surface area contributed by atoms with Gasteiger partial charge < -0.3 is 5.73 Å². The molecule has 1 fully saturated rings. The van der Waals surface area contributed by atoms with Gasteiger partial charge in [-0.2, -0.15) is 9.61 Å². The van der Waals surface area contributed by atoms with Crippen molar-refractivity contribution in [2.75, 3.05) is 5.73 Å². The molecule has 1 saturated carbocycles. The second-order valence-corrected chi connectivity index (χ2v) is 7.09. The van der Waals surface area contributed by atoms with E-state index in [0.717, 1.165) is 26.4 Å². The monoisotopic (exact) mass is 306 g/mol. The first-order valence-electron chi connectivity index (χ1n) is 6.68. The van der Waals surface area contributed by atoms with E-state index in [2.05, 4.69) is 20.3 Å². The minimum absolute atomic E-state index is 0.507. The zero-order chi connectivity index (χ0) is 13.7. The van der Waals surface area contributed by atoms with Gasteiger partial charge in [0.05, 0.1) is 10.6 Å². The minimum atomic E-state index is 0.507. The highest BCUT2D eigenvalue weighted by molar-refractivity contribution is 7.25. The third kappa shape index (κ3) is 1.82. The van der Waals surface area contributed by atoms with E-state index >= 15 is 0 Å². The van der Waals surface area contributed by atoms with Gasteiger partial charge in [-0.05, 0) is 19.8 Å². The Bertz CT molecular complexity index is 764. The van der Waals surface area contributed by atoms with Crippen molar-refractivity contribution in [3.05, 3.63) is 11.5 Å². The lowest BCUT2D eigenvalue weighted by Crippen LogP contribution is -2.01. The SMILES string of the molecule is Cc1nc(N)sc1-c1nn2c(C3CCCC3)nnc2s1. The quantitative estimate of drug-likeness (QED) is 0.787. The molecule has 3 aromatic rings. The normalized spacial score (nSPS) is 16.4. The molecule has 2 N–H and O–H groups in total. The van der Waals surface area contributed by atoms with Crippen LogP contribution >= 0.6 is 22.7 Å². The summed E-state index contributed by atoms with van der Waals surface area (Å²) in [5, 5.41) is 14.8. The van der Waals surface area contributed by atoms with E-state index in [0.29, 0.717) is 11.0 Å². The van der Waals surface area contributed by atoms with Crippen LogP contribution in [0.25, 0.3) is 14.8 Å². The number of aromatic nitrogens is 5. The van der Waals surface area contributed by atoms with Crippen molar-refractivity contribution in [3.8, 4) is 9.88 Å². The number of hydrogen-bond acceptors (Lipinski definition) is 7. The molecule has 20 heavy (non-hydrogen) atoms. The molecular weight excluding hydrogens is 292 g/mol. The van der Waals surface area contributed by atoms with Crippen LogP contribution in [-0.4, -0.2) is 24.8 Å². The molecule has 0 atom stereocenters. The van der Waals surface area contributed by atoms with E-state index in [-0.39, 0.29) is 0 Å². The predicted molar refractivity (Wildman–Crippen MR) is 80.1 cm³/mol. The highest BCUT2D eigenvalue weighted by Crippen LogP contribution is 2.37. The van der Waals surface area contributed by atoms with Crippen LogP contribution in [0, 0.1) is 6.92 Å². The van der Waals surface area contributed by atoms with E-state index in [1.807, 2.05) is 11.4 Å². The number of nitrogen functional groups attached to an aromatic ring is 1. The Morgan fingerprint density at radius 2 is 2.00 bits per heavy atom. The first-order chi connectivity index (χ1) is 9.72. The van der Waals surface area contributed by atoms with Gasteiger partial charge in [-0.3, -0.25) is 0 Å². The Labute approximate surface area is 123 Å². The molecule has 1 aliphatic carbocycles. The first-order valence-corrected chi connectivity index (χ1v) is 8.31. The van der Waals surface area contributed by atoms with Crippen molar-refractivity contribution in [2.45, 2.75) is 38.5 Å². The molecule has 0 bridgehead atoms. The number of rotatable bonds is 2. The van der Waals surface area contributed by atoms with E-state index in [1.165, 1.54) is 37.0 Å². The Hall–Kier alpha value is -1.54. The molecule has 3 heterocycles. The Morgan fingerprint density at radius 3 is 2.70 bits per heavy atom. The lowest BCUT2D eigenvalue weighted by atomic mass is 10.1. The van der Waals surface area contributed by atoms with Crippen LogP contribution in [0.4, 0.5) is 5.13 Å². The van der Waals surface area contributed by atoms with Crippen molar-refractivity contribution >= 4 is 32.8 Å². The highest BCUT2D eigenvalue weighted by atomic mass is 32.1. The van der Waals surface area contributed by atoms with Gasteiger partial charge in [-0.25, -0.2) is 4.98 Å². The molecule has 104 valence electrons. The third-order valence-corrected chi connectivity index (χ3v) is 5.78. The fourth-order valence-electron chi connectivity index (χ4n) is 2.78. The molecule has 0 aliphatic heterocycles. The van der Waals surface area contributed by atoms with Crippen LogP contribution in [-0.2, 0) is 0 Å². The molecule has 0 spiro atoms. The van der Waals surface area contributed by atoms with Gasteiger partial charge in [0.2, 0.25) is 4.96 Å². The summed E-state index contributed by atoms with van der Waals surface area (Å²) in [6.07, 6.45) is 4.95. The molecule has 0 unspecified atom stereocenters. The second kappa shape index (κ2) is 4.49. The summed E-state index contributed by atoms with van der Waals surface area (Å²) in [6.45, 7) is 1.96. The van der Waals surface area contributed by atoms with Crippen molar-refractivity contribution in [3.63, 3.8) is 0 Å². The second-order valence-electron chi connectivity index (χ2n) is 5.11. The fraction of sp³-hybridized carbons (Fsp3) is 0.500. The standard InChI is InChI=1S/C12H14N6S2/c1-6-8(19-11(13)14-6)10-17-18-9(7-4-2-3-5-7)15-16-12(18)20-10/h7H,2-5H2,1H3,(H2,13,14). The lowest BCUT2D eigenvalue weighted by Gasteiger charge is -2.03. The van der Waals surface area contributed by atoms with Gasteiger partial charge in [0, 0.05) is 5.92 Å². The van der Waals surface area contributed by atoms with Crippen molar-refractivity contribution in [2.24, 2.45) is 0 Å². The van der Waals surface area contributed by atoms with Crippen molar-refractivity contribution in [1.82, 2.24) is 24.8 Å². The average Bonchev–Trinajstić information content (AvgIpc) is 3.11. The summed E-state index contributed by atoms with van der Waals surface area (Å²) in [5.41, 5.74) is 6.70. The summed E-state index contributed by atoms with van der Waals surface area (Å²) in [7, 11) is 0. The van der Waals surface area contributed by atoms with Crippen LogP contribution in [0.1, 0.15) is 43.1 Å². The lowest BCUT2D eigenvalue weighted by molar-refractivity contribution is 0.641. The number of nitrogens with zero attached hydrogens (tertiary/aromatic N) is 5. The number of aryl methyl sites for hydroxylation is 1. The molecule has 4 rings (SSSR count). The first kappa shape index (κ1) is 12.2. The molecular formula is C12H14N6S2. The van der Waals surface area contributed by atoms with Crippen molar-refractivity contribution < 1.29 is 0 Å². The summed E-state index contributed by atoms with van der Waals surface area (Å²) in [5.74, 6) is 1.52. The Balaban J connectivity index is 1.81. The van der Waals surface area contributed by atoms with Gasteiger partial charge in [0.25, 0.3) is 0 Å². The Morgan fingerprint density at radius 1 is 1.20 bits per heavy atom. The molecule has 1 aliphatic rings. The van der Waals surface area contributed by atoms with E-state index in [9.17, 15) is 0 Å². The van der Waals surface area contributed by atoms with Crippen LogP contribution in [0.5, 0.6) is 0 Å². The summed E-state index contributed by atoms with van der Waals surface area (Å²) >= 11 is 3.03. The number of nitrogens with two attached hydrogens (primary N) is 1. The number of anilines is 1. The van der Waals surface area contributed by atoms with Gasteiger partial charge in [-0.1, -0.05) is 35.5 Å². The summed E-state index contributed by atoms with van der Waals surface area (Å²) < 4.78 is 1.91. The molecule has 0 aromatic carbocycles. The van der Waals surface area contributed by atoms with Crippen molar-refractivity contribution in [1.29, 1.82) is 0 Å². The maximum atomic E-state index is 5.77. The van der Waals surface area contributed by atoms with E-state index in [1.54, 1.807) is 11.3 Å². The predicted octanol–water partition coefficient (Wildman–Crippen LogP) is 2.86. The molecule has 3 aromatic heterocycles. The van der Waals surface area contributed by atoms with Gasteiger partial charge in [0.1, 0.15) is 0 Å². The van der Waals surface area contributed by atoms with E-state index in [4.69, 9.17) is 5.73 Å². The smallest absolute Gasteiger partial charge is 0.235 e. The topological polar surface area (TPSA) is 82.0 Å². The number of hydrogen-bond donors (Lipinski definition) is 1. The largest absolute Gasteiger partial charge is 0.375 e. The van der Waals surface area contributed by atoms with E-state index < -0.39 is 0 Å². The third-order valence-electron chi connectivity index (χ3n) is 3.74. The molecule has 6 nitrogen and oxygen atoms in total. The Kier molecular flexibility index (Phi) is 2.74. The summed E-state index contributed by atoms with van der Waals surface area (Å²) in [4.78, 5) is 6.15. The number of fused-ring (bicyclic) bond motifs is 1. The maximum absolute atomic E-state index is 5.77. The van der Waals surface area contributed by atoms with Gasteiger partial charge >= 0.3 is 0 Å². The molecule has 8 heteroatoms. The maximum Gasteiger partial charge on any atom is 0.235 e. The fourth-order valence-corrected chi connectivity index (χ4v) is 4.58. The molecule has 0 radical (unpaired) electrons. The summed E-state index contributed by atoms with van der Waals surface area (Å²) in [6, 6.07) is 0. The van der Waals surface area contributed by atoms with Gasteiger partial charge in [-0.15, -0.1) is 10.2 Å². The van der Waals surface area contributed by atoms with Crippen LogP contribution in [0.3, 0.4) is 0 Å². The molecule has 0 saturated heterocycles. The van der Waals surface area contributed by atoms with Crippen LogP contribution < -0.4 is 5.73 Å². The zero-order valence-corrected chi connectivity index (χ0v) is 12.7.